The molecule has 0 aliphatic rings. The van der Waals surface area contributed by atoms with Crippen molar-refractivity contribution in [3.8, 4) is 11.7 Å². The monoisotopic (exact) mass is 307 g/mol. The molecule has 0 amide bonds. The lowest BCUT2D eigenvalue weighted by Gasteiger charge is -2.00. The molecule has 0 aliphatic carbocycles. The lowest BCUT2D eigenvalue weighted by atomic mass is 10.1. The van der Waals surface area contributed by atoms with Crippen LogP contribution >= 0.6 is 0 Å². The molecular formula is C19H17NO3. The van der Waals surface area contributed by atoms with Crippen LogP contribution in [0, 0.1) is 6.92 Å². The Hall–Kier alpha value is -3.01. The van der Waals surface area contributed by atoms with Gasteiger partial charge in [0.05, 0.1) is 12.0 Å². The lowest BCUT2D eigenvalue weighted by Crippen LogP contribution is -1.87. The van der Waals surface area contributed by atoms with Crippen molar-refractivity contribution in [2.75, 3.05) is 0 Å². The first-order chi connectivity index (χ1) is 11.1. The van der Waals surface area contributed by atoms with E-state index in [1.165, 1.54) is 0 Å². The second-order valence-corrected chi connectivity index (χ2v) is 5.26. The SMILES string of the molecule is C=C(O)Cc1ccc(/C=C/c2nc(-c3ccco3)oc2C)cc1. The molecule has 0 unspecified atom stereocenters. The highest BCUT2D eigenvalue weighted by molar-refractivity contribution is 5.69. The van der Waals surface area contributed by atoms with E-state index < -0.39 is 0 Å². The van der Waals surface area contributed by atoms with Crippen molar-refractivity contribution in [3.05, 3.63) is 77.6 Å². The van der Waals surface area contributed by atoms with E-state index in [0.717, 1.165) is 22.6 Å². The zero-order valence-electron chi connectivity index (χ0n) is 12.8. The highest BCUT2D eigenvalue weighted by atomic mass is 16.4. The molecule has 4 nitrogen and oxygen atoms in total. The summed E-state index contributed by atoms with van der Waals surface area (Å²) in [5.74, 6) is 1.99. The van der Waals surface area contributed by atoms with Crippen molar-refractivity contribution < 1.29 is 13.9 Å². The molecule has 0 aliphatic heterocycles. The molecule has 0 atom stereocenters. The Balaban J connectivity index is 1.76. The van der Waals surface area contributed by atoms with Crippen LogP contribution in [0.25, 0.3) is 23.8 Å². The smallest absolute Gasteiger partial charge is 0.263 e. The standard InChI is InChI=1S/C19H17NO3/c1-13(21)12-16-7-5-15(6-8-16)9-10-17-14(2)23-19(20-17)18-4-3-11-22-18/h3-11,21H,1,12H2,2H3/b10-9+. The second-order valence-electron chi connectivity index (χ2n) is 5.26. The van der Waals surface area contributed by atoms with Crippen LogP contribution < -0.4 is 0 Å². The average molecular weight is 307 g/mol. The van der Waals surface area contributed by atoms with Crippen molar-refractivity contribution in [2.24, 2.45) is 0 Å². The van der Waals surface area contributed by atoms with E-state index in [1.807, 2.05) is 49.4 Å². The van der Waals surface area contributed by atoms with Gasteiger partial charge in [-0.05, 0) is 36.3 Å². The summed E-state index contributed by atoms with van der Waals surface area (Å²) in [5.41, 5.74) is 2.83. The number of aryl methyl sites for hydroxylation is 1. The number of benzene rings is 1. The van der Waals surface area contributed by atoms with Gasteiger partial charge in [0.15, 0.2) is 5.76 Å². The Bertz CT molecular complexity index is 824. The van der Waals surface area contributed by atoms with Gasteiger partial charge in [-0.15, -0.1) is 0 Å². The van der Waals surface area contributed by atoms with Crippen LogP contribution in [0.2, 0.25) is 0 Å². The molecule has 2 aromatic heterocycles. The minimum Gasteiger partial charge on any atom is -0.513 e. The molecule has 1 N–H and O–H groups in total. The van der Waals surface area contributed by atoms with Crippen LogP contribution in [0.15, 0.2) is 63.8 Å². The first kappa shape index (κ1) is 14.9. The fraction of sp³-hybridized carbons (Fsp3) is 0.105. The Morgan fingerprint density at radius 1 is 1.22 bits per heavy atom. The van der Waals surface area contributed by atoms with Gasteiger partial charge >= 0.3 is 0 Å². The van der Waals surface area contributed by atoms with E-state index in [2.05, 4.69) is 11.6 Å². The Kier molecular flexibility index (Phi) is 4.15. The van der Waals surface area contributed by atoms with Crippen molar-refractivity contribution >= 4 is 12.2 Å². The number of oxazole rings is 1. The fourth-order valence-corrected chi connectivity index (χ4v) is 2.23. The summed E-state index contributed by atoms with van der Waals surface area (Å²) in [6.07, 6.45) is 5.94. The number of nitrogens with zero attached hydrogens (tertiary/aromatic N) is 1. The topological polar surface area (TPSA) is 59.4 Å². The van der Waals surface area contributed by atoms with Crippen molar-refractivity contribution in [3.63, 3.8) is 0 Å². The highest BCUT2D eigenvalue weighted by Crippen LogP contribution is 2.23. The van der Waals surface area contributed by atoms with Gasteiger partial charge in [0, 0.05) is 6.42 Å². The molecule has 0 radical (unpaired) electrons. The molecule has 0 saturated carbocycles. The number of furan rings is 1. The summed E-state index contributed by atoms with van der Waals surface area (Å²) in [7, 11) is 0. The van der Waals surface area contributed by atoms with E-state index in [1.54, 1.807) is 12.3 Å². The summed E-state index contributed by atoms with van der Waals surface area (Å²) in [6, 6.07) is 11.5. The van der Waals surface area contributed by atoms with Crippen LogP contribution in [-0.4, -0.2) is 10.1 Å². The fourth-order valence-electron chi connectivity index (χ4n) is 2.23. The van der Waals surface area contributed by atoms with Crippen molar-refractivity contribution in [1.29, 1.82) is 0 Å². The maximum atomic E-state index is 9.20. The van der Waals surface area contributed by atoms with E-state index in [4.69, 9.17) is 8.83 Å². The van der Waals surface area contributed by atoms with E-state index >= 15 is 0 Å². The van der Waals surface area contributed by atoms with Gasteiger partial charge in [-0.2, -0.15) is 0 Å². The lowest BCUT2D eigenvalue weighted by molar-refractivity contribution is 0.401. The van der Waals surface area contributed by atoms with Crippen LogP contribution in [0.1, 0.15) is 22.6 Å². The Morgan fingerprint density at radius 3 is 2.65 bits per heavy atom. The molecule has 0 bridgehead atoms. The molecule has 3 rings (SSSR count). The first-order valence-electron chi connectivity index (χ1n) is 7.27. The maximum absolute atomic E-state index is 9.20. The summed E-state index contributed by atoms with van der Waals surface area (Å²) in [6.45, 7) is 5.37. The number of hydrogen-bond acceptors (Lipinski definition) is 4. The third kappa shape index (κ3) is 3.61. The number of rotatable bonds is 5. The predicted octanol–water partition coefficient (Wildman–Crippen LogP) is 5.03. The predicted molar refractivity (Wildman–Crippen MR) is 89.8 cm³/mol. The van der Waals surface area contributed by atoms with Gasteiger partial charge < -0.3 is 13.9 Å². The number of aliphatic hydroxyl groups excluding tert-OH is 1. The molecule has 116 valence electrons. The molecule has 4 heteroatoms. The van der Waals surface area contributed by atoms with Crippen LogP contribution in [0.5, 0.6) is 0 Å². The summed E-state index contributed by atoms with van der Waals surface area (Å²) in [5, 5.41) is 9.20. The summed E-state index contributed by atoms with van der Waals surface area (Å²) in [4.78, 5) is 4.43. The second kappa shape index (κ2) is 6.40. The quantitative estimate of drug-likeness (QED) is 0.672. The minimum absolute atomic E-state index is 0.164. The van der Waals surface area contributed by atoms with Crippen molar-refractivity contribution in [1.82, 2.24) is 4.98 Å². The molecule has 0 saturated heterocycles. The number of aliphatic hydroxyl groups is 1. The molecule has 0 fully saturated rings. The van der Waals surface area contributed by atoms with Gasteiger partial charge in [-0.25, -0.2) is 4.98 Å². The molecule has 1 aromatic carbocycles. The summed E-state index contributed by atoms with van der Waals surface area (Å²) < 4.78 is 10.9. The normalized spacial score (nSPS) is 11.2. The zero-order valence-corrected chi connectivity index (χ0v) is 12.8. The van der Waals surface area contributed by atoms with Crippen LogP contribution in [0.4, 0.5) is 0 Å². The van der Waals surface area contributed by atoms with Gasteiger partial charge in [0.1, 0.15) is 11.5 Å². The minimum atomic E-state index is 0.164. The van der Waals surface area contributed by atoms with Crippen molar-refractivity contribution in [2.45, 2.75) is 13.3 Å². The molecule has 0 spiro atoms. The van der Waals surface area contributed by atoms with E-state index in [0.29, 0.717) is 18.1 Å². The van der Waals surface area contributed by atoms with Crippen LogP contribution in [-0.2, 0) is 6.42 Å². The molecular weight excluding hydrogens is 290 g/mol. The van der Waals surface area contributed by atoms with E-state index in [9.17, 15) is 5.11 Å². The Morgan fingerprint density at radius 2 is 2.00 bits per heavy atom. The van der Waals surface area contributed by atoms with Gasteiger partial charge in [0.25, 0.3) is 5.89 Å². The average Bonchev–Trinajstić information content (AvgIpc) is 3.15. The van der Waals surface area contributed by atoms with E-state index in [-0.39, 0.29) is 5.76 Å². The molecule has 23 heavy (non-hydrogen) atoms. The maximum Gasteiger partial charge on any atom is 0.263 e. The van der Waals surface area contributed by atoms with Crippen LogP contribution in [0.3, 0.4) is 0 Å². The largest absolute Gasteiger partial charge is 0.513 e. The van der Waals surface area contributed by atoms with Gasteiger partial charge in [-0.3, -0.25) is 0 Å². The molecule has 3 aromatic rings. The first-order valence-corrected chi connectivity index (χ1v) is 7.27. The zero-order chi connectivity index (χ0) is 16.2. The van der Waals surface area contributed by atoms with Gasteiger partial charge in [0.2, 0.25) is 0 Å². The highest BCUT2D eigenvalue weighted by Gasteiger charge is 2.11. The number of hydrogen-bond donors (Lipinski definition) is 1. The third-order valence-electron chi connectivity index (χ3n) is 3.39. The molecule has 2 heterocycles. The number of allylic oxidation sites excluding steroid dienone is 1. The third-order valence-corrected chi connectivity index (χ3v) is 3.39. The van der Waals surface area contributed by atoms with Gasteiger partial charge in [-0.1, -0.05) is 36.9 Å². The summed E-state index contributed by atoms with van der Waals surface area (Å²) >= 11 is 0. The Labute approximate surface area is 134 Å². The number of aromatic nitrogens is 1.